The Hall–Kier alpha value is -8.01. The molecule has 1 unspecified atom stereocenters. The maximum absolute atomic E-state index is 15.2. The van der Waals surface area contributed by atoms with Crippen molar-refractivity contribution in [2.75, 3.05) is 86.0 Å². The number of anilines is 1. The van der Waals surface area contributed by atoms with Crippen LogP contribution < -0.4 is 21.7 Å². The topological polar surface area (TPSA) is 338 Å². The number of ether oxygens (including phenoxy) is 2. The number of methoxy groups -OCH3 is 1. The van der Waals surface area contributed by atoms with E-state index in [1.807, 2.05) is 77.4 Å². The maximum atomic E-state index is 15.2. The van der Waals surface area contributed by atoms with Crippen LogP contribution in [0.5, 0.6) is 0 Å². The minimum absolute atomic E-state index is 0.0108. The van der Waals surface area contributed by atoms with Crippen molar-refractivity contribution in [1.29, 1.82) is 0 Å². The minimum Gasteiger partial charge on any atom is -0.431 e. The Morgan fingerprint density at radius 1 is 0.745 bits per heavy atom. The van der Waals surface area contributed by atoms with Gasteiger partial charge in [-0.1, -0.05) is 138 Å². The number of rotatable bonds is 43. The van der Waals surface area contributed by atoms with Crippen LogP contribution in [0.25, 0.3) is 0 Å². The molecule has 12 atom stereocenters. The number of carbonyl (C=O) groups excluding carboxylic acids is 12. The normalized spacial score (nSPS) is 17.8. The molecule has 4 heterocycles. The van der Waals surface area contributed by atoms with Crippen LogP contribution in [-0.4, -0.2) is 221 Å². The number of ketones is 3. The van der Waals surface area contributed by atoms with Gasteiger partial charge < -0.3 is 60.8 Å². The quantitative estimate of drug-likeness (QED) is 0.0260. The van der Waals surface area contributed by atoms with Crippen molar-refractivity contribution in [3.8, 4) is 0 Å². The molecule has 3 aromatic rings. The number of piperazine rings is 1. The molecule has 6 N–H and O–H groups in total. The Kier molecular flexibility index (Phi) is 38.8. The van der Waals surface area contributed by atoms with Crippen molar-refractivity contribution in [3.63, 3.8) is 0 Å². The van der Waals surface area contributed by atoms with Gasteiger partial charge in [-0.05, 0) is 99.3 Å². The van der Waals surface area contributed by atoms with Gasteiger partial charge >= 0.3 is 12.1 Å². The first-order valence-corrected chi connectivity index (χ1v) is 40.7. The molecule has 612 valence electrons. The lowest BCUT2D eigenvalue weighted by molar-refractivity contribution is -0.148. The third-order valence-electron chi connectivity index (χ3n) is 21.7. The van der Waals surface area contributed by atoms with Gasteiger partial charge in [-0.15, -0.1) is 11.3 Å². The zero-order chi connectivity index (χ0) is 81.6. The zero-order valence-corrected chi connectivity index (χ0v) is 69.2. The predicted octanol–water partition coefficient (Wildman–Crippen LogP) is 10.3. The van der Waals surface area contributed by atoms with E-state index < -0.39 is 95.7 Å². The number of benzene rings is 2. The largest absolute Gasteiger partial charge is 0.431 e. The summed E-state index contributed by atoms with van der Waals surface area (Å²) in [6.07, 6.45) is 3.15. The summed E-state index contributed by atoms with van der Waals surface area (Å²) in [4.78, 5) is 180. The first-order valence-electron chi connectivity index (χ1n) is 39.8. The second kappa shape index (κ2) is 46.1. The Balaban J connectivity index is 0.00000528. The number of nitrogens with two attached hydrogens (primary N) is 1. The van der Waals surface area contributed by atoms with Crippen LogP contribution in [-0.2, 0) is 63.8 Å². The molecule has 10 amide bonds. The molecule has 1 aromatic heterocycles. The molecule has 3 aliphatic heterocycles. The number of hydrogen-bond donors (Lipinski definition) is 5. The van der Waals surface area contributed by atoms with E-state index in [1.165, 1.54) is 47.4 Å². The van der Waals surface area contributed by atoms with E-state index in [0.29, 0.717) is 84.2 Å². The smallest absolute Gasteiger partial charge is 0.411 e. The number of aliphatic hydroxyl groups excluding tert-OH is 1. The number of nitrogens with zero attached hydrogens (tertiary/aromatic N) is 7. The van der Waals surface area contributed by atoms with Gasteiger partial charge in [0.15, 0.2) is 11.6 Å². The number of Topliss-reactive ketones (excluding diaryl/α,β-unsaturated/α-hetero) is 3. The lowest BCUT2D eigenvalue weighted by Gasteiger charge is -2.41. The fourth-order valence-corrected chi connectivity index (χ4v) is 15.9. The van der Waals surface area contributed by atoms with Crippen LogP contribution in [0.15, 0.2) is 66.2 Å². The van der Waals surface area contributed by atoms with Crippen LogP contribution in [0.1, 0.15) is 208 Å². The maximum Gasteiger partial charge on any atom is 0.411 e. The number of likely N-dealkylation sites (tertiary alicyclic amines) is 2. The van der Waals surface area contributed by atoms with Crippen LogP contribution in [0, 0.1) is 53.3 Å². The molecule has 26 nitrogen and oxygen atoms in total. The summed E-state index contributed by atoms with van der Waals surface area (Å²) in [6.45, 7) is 25.5. The summed E-state index contributed by atoms with van der Waals surface area (Å²) in [5.41, 5.74) is 6.95. The SMILES string of the molecule is CC(C)C.CC[C@H](C)[C@@H]([C@@H](CC(=O)N1CCC[C@H]1[C@H](CO)[C@@H](C)C(=O)C[C@@H](Cc1ccccc1)c1nccs1)OC)N(C)C(=O)[C@@H](CC(=O)[C@H](C(C)C)N(C)C(=O)OC(C(=O)N1CCN(C)CC1)c1ccc(NC(=O)[C@H](CCCNC(N)=O)CC(=O)[C@@H](NC(=O)CCCCCN2C(=O)CCC2=O)C(C)C)cc1)C(C)C. The molecule has 0 spiro atoms. The Labute approximate surface area is 657 Å². The molecule has 110 heavy (non-hydrogen) atoms. The van der Waals surface area contributed by atoms with E-state index in [2.05, 4.69) is 46.6 Å². The highest BCUT2D eigenvalue weighted by Gasteiger charge is 2.45. The number of unbranched alkanes of at least 4 members (excludes halogenated alkanes) is 2. The van der Waals surface area contributed by atoms with E-state index in [0.717, 1.165) is 16.5 Å². The number of thiazole rings is 1. The van der Waals surface area contributed by atoms with Crippen LogP contribution in [0.2, 0.25) is 0 Å². The lowest BCUT2D eigenvalue weighted by atomic mass is 9.80. The Bertz CT molecular complexity index is 3440. The number of aromatic nitrogens is 1. The summed E-state index contributed by atoms with van der Waals surface area (Å²) in [7, 11) is 6.54. The van der Waals surface area contributed by atoms with E-state index in [1.54, 1.807) is 67.8 Å². The first-order chi connectivity index (χ1) is 52.1. The van der Waals surface area contributed by atoms with Gasteiger partial charge in [0.2, 0.25) is 41.5 Å². The number of amides is 10. The molecule has 6 rings (SSSR count). The van der Waals surface area contributed by atoms with Gasteiger partial charge in [0.1, 0.15) is 5.78 Å². The summed E-state index contributed by atoms with van der Waals surface area (Å²) < 4.78 is 12.4. The van der Waals surface area contributed by atoms with Gasteiger partial charge in [-0.3, -0.25) is 52.8 Å². The molecule has 0 bridgehead atoms. The summed E-state index contributed by atoms with van der Waals surface area (Å²) >= 11 is 1.51. The van der Waals surface area contributed by atoms with E-state index in [4.69, 9.17) is 15.2 Å². The Morgan fingerprint density at radius 2 is 1.39 bits per heavy atom. The molecular weight excluding hydrogens is 1420 g/mol. The fourth-order valence-electron chi connectivity index (χ4n) is 15.1. The molecule has 27 heteroatoms. The van der Waals surface area contributed by atoms with Crippen LogP contribution >= 0.6 is 11.3 Å². The zero-order valence-electron chi connectivity index (χ0n) is 68.3. The van der Waals surface area contributed by atoms with Crippen molar-refractivity contribution < 1.29 is 72.1 Å². The molecular formula is C83H129N11O15S. The van der Waals surface area contributed by atoms with E-state index >= 15 is 4.79 Å². The number of aliphatic hydroxyl groups is 1. The molecule has 3 fully saturated rings. The number of primary amides is 1. The molecule has 3 aliphatic rings. The third kappa shape index (κ3) is 28.0. The molecule has 2 aromatic carbocycles. The molecule has 0 aliphatic carbocycles. The first kappa shape index (κ1) is 92.6. The van der Waals surface area contributed by atoms with E-state index in [9.17, 15) is 57.8 Å². The summed E-state index contributed by atoms with van der Waals surface area (Å²) in [5.74, 6) is -6.79. The average Bonchev–Trinajstić information content (AvgIpc) is 1.21. The van der Waals surface area contributed by atoms with Crippen molar-refractivity contribution in [2.24, 2.45) is 59.0 Å². The lowest BCUT2D eigenvalue weighted by Crippen LogP contribution is -2.54. The second-order valence-electron chi connectivity index (χ2n) is 32.1. The van der Waals surface area contributed by atoms with Gasteiger partial charge in [0.05, 0.1) is 35.7 Å². The standard InChI is InChI=1S/C79H119N11O15S.C4H10/c1-14-52(8)72(65(104-13)47-69(98)89-37-22-26-61(89)60(48-91)53(9)62(92)45-57(75-81-35-42-106-75)43-54-23-17-15-18-24-54)86(11)76(100)59(49(2)3)46-64(94)71(51(6)7)87(12)79(103)105-73(77(101)88-40-38-85(10)39-41-88)55-28-30-58(31-29-55)83-74(99)56(25-21-34-82-78(80)102)44-63(93)70(50(4)5)84-66(95)27-19-16-20-36-90-67(96)32-33-68(90)97;1-4(2)3/h15,17-18,23-24,28-31,35,42,49-53,56-57,59-61,65,70-73,91H,14,16,19-22,25-27,32-34,36-41,43-48H2,1-13H3,(H,83,99)(H,84,95)(H3,80,82,102);4H,1-3H3/t52-,53+,56+,57+,59-,60+,61-,65+,70-,71-,72-,73?;/m0./s1. The fraction of sp³-hybridized carbons (Fsp3) is 0.675. The Morgan fingerprint density at radius 3 is 1.95 bits per heavy atom. The predicted molar refractivity (Wildman–Crippen MR) is 425 cm³/mol. The second-order valence-corrected chi connectivity index (χ2v) is 33.0. The van der Waals surface area contributed by atoms with Crippen LogP contribution in [0.4, 0.5) is 15.3 Å². The van der Waals surface area contributed by atoms with Gasteiger partial charge in [-0.25, -0.2) is 14.6 Å². The average molecular weight is 1550 g/mol. The third-order valence-corrected chi connectivity index (χ3v) is 22.6. The molecule has 0 saturated carbocycles. The van der Waals surface area contributed by atoms with Crippen molar-refractivity contribution >= 4 is 87.8 Å². The number of hydrogen-bond acceptors (Lipinski definition) is 18. The van der Waals surface area contributed by atoms with Crippen molar-refractivity contribution in [3.05, 3.63) is 82.3 Å². The van der Waals surface area contributed by atoms with Crippen LogP contribution in [0.3, 0.4) is 0 Å². The minimum atomic E-state index is -1.51. The number of imide groups is 1. The van der Waals surface area contributed by atoms with Crippen molar-refractivity contribution in [2.45, 2.75) is 228 Å². The molecule has 3 saturated heterocycles. The number of likely N-dealkylation sites (N-methyl/N-ethyl adjacent to an activating group) is 3. The molecule has 0 radical (unpaired) electrons. The van der Waals surface area contributed by atoms with Gasteiger partial charge in [-0.2, -0.15) is 0 Å². The highest BCUT2D eigenvalue weighted by molar-refractivity contribution is 7.09. The van der Waals surface area contributed by atoms with Crippen molar-refractivity contribution in [1.82, 2.24) is 45.0 Å². The summed E-state index contributed by atoms with van der Waals surface area (Å²) in [6, 6.07) is 12.3. The number of urea groups is 1. The highest BCUT2D eigenvalue weighted by Crippen LogP contribution is 2.36. The highest BCUT2D eigenvalue weighted by atomic mass is 32.1. The van der Waals surface area contributed by atoms with Gasteiger partial charge in [0.25, 0.3) is 5.91 Å². The van der Waals surface area contributed by atoms with E-state index in [-0.39, 0.29) is 147 Å². The summed E-state index contributed by atoms with van der Waals surface area (Å²) in [5, 5.41) is 22.0. The number of carbonyl (C=O) groups is 12. The monoisotopic (exact) mass is 1550 g/mol. The number of nitrogens with one attached hydrogen (secondary N) is 3. The van der Waals surface area contributed by atoms with Gasteiger partial charge in [0, 0.05) is 171 Å².